The van der Waals surface area contributed by atoms with Gasteiger partial charge in [-0.05, 0) is 38.3 Å². The molecule has 2 aromatic heterocycles. The fourth-order valence-electron chi connectivity index (χ4n) is 3.61. The summed E-state index contributed by atoms with van der Waals surface area (Å²) in [5.41, 5.74) is 4.29. The highest BCUT2D eigenvalue weighted by atomic mass is 16.5. The summed E-state index contributed by atoms with van der Waals surface area (Å²) >= 11 is 0. The SMILES string of the molecule is CN(CC[C@H]1CCCCO1)Cc1cnc2c(-c3ccccc3)cnn2c1. The molecule has 5 heteroatoms. The number of hydrogen-bond donors (Lipinski definition) is 0. The van der Waals surface area contributed by atoms with Gasteiger partial charge in [0, 0.05) is 43.2 Å². The molecule has 1 aromatic carbocycles. The Hall–Kier alpha value is -2.24. The van der Waals surface area contributed by atoms with Gasteiger partial charge in [0.15, 0.2) is 5.65 Å². The Morgan fingerprint density at radius 1 is 1.19 bits per heavy atom. The third kappa shape index (κ3) is 3.94. The van der Waals surface area contributed by atoms with Gasteiger partial charge in [0.25, 0.3) is 0 Å². The number of rotatable bonds is 6. The van der Waals surface area contributed by atoms with E-state index < -0.39 is 0 Å². The van der Waals surface area contributed by atoms with E-state index in [-0.39, 0.29) is 0 Å². The molecular formula is C21H26N4O. The molecule has 1 aliphatic rings. The van der Waals surface area contributed by atoms with Gasteiger partial charge in [-0.3, -0.25) is 0 Å². The van der Waals surface area contributed by atoms with Gasteiger partial charge in [-0.1, -0.05) is 30.3 Å². The summed E-state index contributed by atoms with van der Waals surface area (Å²) in [6.07, 6.45) is 11.2. The Labute approximate surface area is 154 Å². The van der Waals surface area contributed by atoms with Crippen LogP contribution in [0, 0.1) is 0 Å². The normalized spacial score (nSPS) is 17.8. The molecular weight excluding hydrogens is 324 g/mol. The van der Waals surface area contributed by atoms with E-state index in [1.807, 2.05) is 35.1 Å². The highest BCUT2D eigenvalue weighted by Crippen LogP contribution is 2.23. The molecule has 0 N–H and O–H groups in total. The molecule has 0 aliphatic carbocycles. The summed E-state index contributed by atoms with van der Waals surface area (Å²) in [4.78, 5) is 7.01. The van der Waals surface area contributed by atoms with Gasteiger partial charge in [-0.15, -0.1) is 0 Å². The summed E-state index contributed by atoms with van der Waals surface area (Å²) in [6, 6.07) is 10.3. The molecule has 0 amide bonds. The van der Waals surface area contributed by atoms with Gasteiger partial charge in [-0.2, -0.15) is 5.10 Å². The summed E-state index contributed by atoms with van der Waals surface area (Å²) < 4.78 is 7.71. The van der Waals surface area contributed by atoms with Crippen LogP contribution in [0.2, 0.25) is 0 Å². The molecule has 0 spiro atoms. The Morgan fingerprint density at radius 2 is 2.08 bits per heavy atom. The molecule has 0 unspecified atom stereocenters. The van der Waals surface area contributed by atoms with Crippen molar-refractivity contribution in [3.05, 3.63) is 54.5 Å². The molecule has 4 rings (SSSR count). The Morgan fingerprint density at radius 3 is 2.88 bits per heavy atom. The second-order valence-corrected chi connectivity index (χ2v) is 7.17. The number of fused-ring (bicyclic) bond motifs is 1. The van der Waals surface area contributed by atoms with Crippen molar-refractivity contribution in [1.82, 2.24) is 19.5 Å². The predicted octanol–water partition coefficient (Wildman–Crippen LogP) is 3.79. The van der Waals surface area contributed by atoms with Crippen LogP contribution in [-0.2, 0) is 11.3 Å². The zero-order valence-electron chi connectivity index (χ0n) is 15.3. The van der Waals surface area contributed by atoms with Crippen LogP contribution < -0.4 is 0 Å². The minimum Gasteiger partial charge on any atom is -0.378 e. The monoisotopic (exact) mass is 350 g/mol. The Bertz CT molecular complexity index is 840. The molecule has 0 radical (unpaired) electrons. The van der Waals surface area contributed by atoms with Crippen LogP contribution in [0.3, 0.4) is 0 Å². The molecule has 136 valence electrons. The van der Waals surface area contributed by atoms with E-state index in [1.54, 1.807) is 0 Å². The Balaban J connectivity index is 1.41. The van der Waals surface area contributed by atoms with Crippen LogP contribution in [0.5, 0.6) is 0 Å². The van der Waals surface area contributed by atoms with E-state index >= 15 is 0 Å². The average molecular weight is 350 g/mol. The van der Waals surface area contributed by atoms with Crippen molar-refractivity contribution in [2.24, 2.45) is 0 Å². The molecule has 26 heavy (non-hydrogen) atoms. The lowest BCUT2D eigenvalue weighted by Crippen LogP contribution is -2.26. The van der Waals surface area contributed by atoms with E-state index in [1.165, 1.54) is 24.8 Å². The zero-order valence-corrected chi connectivity index (χ0v) is 15.3. The fraction of sp³-hybridized carbons (Fsp3) is 0.429. The first-order chi connectivity index (χ1) is 12.8. The van der Waals surface area contributed by atoms with E-state index in [0.29, 0.717) is 6.10 Å². The first kappa shape index (κ1) is 17.2. The van der Waals surface area contributed by atoms with Crippen LogP contribution in [-0.4, -0.2) is 45.8 Å². The van der Waals surface area contributed by atoms with E-state index in [0.717, 1.165) is 42.9 Å². The van der Waals surface area contributed by atoms with Crippen molar-refractivity contribution >= 4 is 5.65 Å². The topological polar surface area (TPSA) is 42.7 Å². The van der Waals surface area contributed by atoms with Crippen LogP contribution in [0.25, 0.3) is 16.8 Å². The van der Waals surface area contributed by atoms with Gasteiger partial charge in [0.05, 0.1) is 12.3 Å². The molecule has 5 nitrogen and oxygen atoms in total. The van der Waals surface area contributed by atoms with Crippen molar-refractivity contribution < 1.29 is 4.74 Å². The number of aromatic nitrogens is 3. The smallest absolute Gasteiger partial charge is 0.162 e. The van der Waals surface area contributed by atoms with Gasteiger partial charge < -0.3 is 9.64 Å². The fourth-order valence-corrected chi connectivity index (χ4v) is 3.61. The minimum atomic E-state index is 0.436. The van der Waals surface area contributed by atoms with Crippen molar-refractivity contribution in [2.45, 2.75) is 38.3 Å². The predicted molar refractivity (Wildman–Crippen MR) is 103 cm³/mol. The molecule has 1 saturated heterocycles. The van der Waals surface area contributed by atoms with Crippen molar-refractivity contribution in [2.75, 3.05) is 20.2 Å². The van der Waals surface area contributed by atoms with Crippen LogP contribution >= 0.6 is 0 Å². The highest BCUT2D eigenvalue weighted by Gasteiger charge is 2.15. The average Bonchev–Trinajstić information content (AvgIpc) is 3.11. The summed E-state index contributed by atoms with van der Waals surface area (Å²) in [5.74, 6) is 0. The molecule has 3 aromatic rings. The maximum absolute atomic E-state index is 5.83. The Kier molecular flexibility index (Phi) is 5.27. The van der Waals surface area contributed by atoms with Crippen molar-refractivity contribution in [3.63, 3.8) is 0 Å². The second-order valence-electron chi connectivity index (χ2n) is 7.17. The standard InChI is InChI=1S/C21H26N4O/c1-24(11-10-19-9-5-6-12-26-19)15-17-13-22-21-20(14-23-25(21)16-17)18-7-3-2-4-8-18/h2-4,7-8,13-14,16,19H,5-6,9-12,15H2,1H3/t19-/m1/s1. The van der Waals surface area contributed by atoms with Gasteiger partial charge >= 0.3 is 0 Å². The van der Waals surface area contributed by atoms with Crippen molar-refractivity contribution in [1.29, 1.82) is 0 Å². The number of benzene rings is 1. The molecule has 1 atom stereocenters. The van der Waals surface area contributed by atoms with E-state index in [4.69, 9.17) is 4.74 Å². The van der Waals surface area contributed by atoms with Gasteiger partial charge in [0.1, 0.15) is 0 Å². The molecule has 0 saturated carbocycles. The lowest BCUT2D eigenvalue weighted by molar-refractivity contribution is 0.00640. The minimum absolute atomic E-state index is 0.436. The first-order valence-electron chi connectivity index (χ1n) is 9.47. The molecule has 1 fully saturated rings. The second kappa shape index (κ2) is 7.98. The summed E-state index contributed by atoms with van der Waals surface area (Å²) in [6.45, 7) is 2.84. The molecule has 3 heterocycles. The largest absolute Gasteiger partial charge is 0.378 e. The quantitative estimate of drug-likeness (QED) is 0.678. The van der Waals surface area contributed by atoms with Crippen LogP contribution in [0.15, 0.2) is 48.9 Å². The number of ether oxygens (including phenoxy) is 1. The lowest BCUT2D eigenvalue weighted by atomic mass is 10.1. The maximum Gasteiger partial charge on any atom is 0.162 e. The highest BCUT2D eigenvalue weighted by molar-refractivity contribution is 5.76. The van der Waals surface area contributed by atoms with Crippen molar-refractivity contribution in [3.8, 4) is 11.1 Å². The lowest BCUT2D eigenvalue weighted by Gasteiger charge is -2.25. The zero-order chi connectivity index (χ0) is 17.8. The third-order valence-corrected chi connectivity index (χ3v) is 5.05. The summed E-state index contributed by atoms with van der Waals surface area (Å²) in [5, 5.41) is 4.50. The number of nitrogens with zero attached hydrogens (tertiary/aromatic N) is 4. The van der Waals surface area contributed by atoms with Gasteiger partial charge in [-0.25, -0.2) is 9.50 Å². The molecule has 0 bridgehead atoms. The van der Waals surface area contributed by atoms with Gasteiger partial charge in [0.2, 0.25) is 0 Å². The maximum atomic E-state index is 5.83. The van der Waals surface area contributed by atoms with Crippen LogP contribution in [0.4, 0.5) is 0 Å². The molecule has 1 aliphatic heterocycles. The number of hydrogen-bond acceptors (Lipinski definition) is 4. The first-order valence-corrected chi connectivity index (χ1v) is 9.47. The van der Waals surface area contributed by atoms with Crippen LogP contribution in [0.1, 0.15) is 31.2 Å². The van der Waals surface area contributed by atoms with E-state index in [9.17, 15) is 0 Å². The van der Waals surface area contributed by atoms with E-state index in [2.05, 4.69) is 40.4 Å². The third-order valence-electron chi connectivity index (χ3n) is 5.05. The summed E-state index contributed by atoms with van der Waals surface area (Å²) in [7, 11) is 2.16.